The van der Waals surface area contributed by atoms with Gasteiger partial charge < -0.3 is 14.5 Å². The summed E-state index contributed by atoms with van der Waals surface area (Å²) in [7, 11) is 0. The number of nitrogens with zero attached hydrogens (tertiary/aromatic N) is 2. The Labute approximate surface area is 236 Å². The number of halogens is 1. The molecule has 1 aromatic rings. The third-order valence-electron chi connectivity index (χ3n) is 7.91. The van der Waals surface area contributed by atoms with E-state index in [1.807, 2.05) is 37.8 Å². The molecule has 4 nitrogen and oxygen atoms in total. The lowest BCUT2D eigenvalue weighted by Gasteiger charge is -2.43. The highest BCUT2D eigenvalue weighted by molar-refractivity contribution is 5.68. The van der Waals surface area contributed by atoms with E-state index in [0.29, 0.717) is 19.0 Å². The summed E-state index contributed by atoms with van der Waals surface area (Å²) in [5.41, 5.74) is 5.96. The fraction of sp³-hybridized carbons (Fsp3) is 0.559. The average Bonchev–Trinajstić information content (AvgIpc) is 2.83. The number of hydrogen-bond donors (Lipinski definition) is 0. The molecule has 0 spiro atoms. The number of hydrogen-bond acceptors (Lipinski definition) is 3. The summed E-state index contributed by atoms with van der Waals surface area (Å²) >= 11 is 0. The highest BCUT2D eigenvalue weighted by atomic mass is 19.1. The van der Waals surface area contributed by atoms with Crippen LogP contribution in [-0.4, -0.2) is 47.2 Å². The van der Waals surface area contributed by atoms with Crippen molar-refractivity contribution >= 4 is 6.09 Å². The maximum Gasteiger partial charge on any atom is 0.410 e. The lowest BCUT2D eigenvalue weighted by atomic mass is 9.74. The van der Waals surface area contributed by atoms with E-state index in [0.717, 1.165) is 37.8 Å². The van der Waals surface area contributed by atoms with Gasteiger partial charge in [0.05, 0.1) is 0 Å². The zero-order chi connectivity index (χ0) is 28.6. The average molecular weight is 537 g/mol. The van der Waals surface area contributed by atoms with E-state index in [1.54, 1.807) is 12.1 Å². The van der Waals surface area contributed by atoms with Crippen LogP contribution in [0.1, 0.15) is 85.6 Å². The van der Waals surface area contributed by atoms with Crippen LogP contribution in [-0.2, 0) is 11.2 Å². The lowest BCUT2D eigenvalue weighted by molar-refractivity contribution is 0.0100. The smallest absolute Gasteiger partial charge is 0.410 e. The Morgan fingerprint density at radius 2 is 1.95 bits per heavy atom. The molecule has 2 aliphatic rings. The third kappa shape index (κ3) is 8.58. The van der Waals surface area contributed by atoms with Gasteiger partial charge in [-0.1, -0.05) is 43.4 Å². The molecule has 1 aromatic carbocycles. The van der Waals surface area contributed by atoms with E-state index in [2.05, 4.69) is 44.4 Å². The van der Waals surface area contributed by atoms with Gasteiger partial charge in [0.15, 0.2) is 0 Å². The van der Waals surface area contributed by atoms with Crippen molar-refractivity contribution in [2.75, 3.05) is 19.6 Å². The first-order valence-electron chi connectivity index (χ1n) is 14.7. The minimum Gasteiger partial charge on any atom is -0.444 e. The van der Waals surface area contributed by atoms with Crippen LogP contribution in [0.25, 0.3) is 0 Å². The van der Waals surface area contributed by atoms with Crippen LogP contribution < -0.4 is 0 Å². The monoisotopic (exact) mass is 536 g/mol. The number of unbranched alkanes of at least 4 members (excludes halogenated alkanes) is 1. The maximum absolute atomic E-state index is 13.6. The van der Waals surface area contributed by atoms with Crippen LogP contribution in [0.5, 0.6) is 0 Å². The second-order valence-electron chi connectivity index (χ2n) is 12.1. The van der Waals surface area contributed by atoms with Crippen molar-refractivity contribution in [2.45, 2.75) is 98.1 Å². The molecule has 0 unspecified atom stereocenters. The highest BCUT2D eigenvalue weighted by Crippen LogP contribution is 2.42. The zero-order valence-corrected chi connectivity index (χ0v) is 25.1. The van der Waals surface area contributed by atoms with Crippen molar-refractivity contribution < 1.29 is 13.9 Å². The number of piperazine rings is 1. The summed E-state index contributed by atoms with van der Waals surface area (Å²) in [5.74, 6) is 0.429. The van der Waals surface area contributed by atoms with E-state index >= 15 is 0 Å². The molecule has 1 aliphatic heterocycles. The maximum atomic E-state index is 13.6. The zero-order valence-electron chi connectivity index (χ0n) is 25.1. The minimum atomic E-state index is -0.497. The summed E-state index contributed by atoms with van der Waals surface area (Å²) < 4.78 is 19.3. The van der Waals surface area contributed by atoms with E-state index in [-0.39, 0.29) is 18.0 Å². The van der Waals surface area contributed by atoms with Crippen LogP contribution in [0.15, 0.2) is 71.5 Å². The molecular weight excluding hydrogens is 487 g/mol. The molecule has 1 aliphatic carbocycles. The first kappa shape index (κ1) is 30.7. The van der Waals surface area contributed by atoms with Gasteiger partial charge in [0.25, 0.3) is 0 Å². The van der Waals surface area contributed by atoms with Crippen molar-refractivity contribution in [3.8, 4) is 0 Å². The van der Waals surface area contributed by atoms with Gasteiger partial charge in [-0.05, 0) is 120 Å². The molecular formula is C34H49FN2O2. The van der Waals surface area contributed by atoms with Crippen LogP contribution in [0.3, 0.4) is 0 Å². The SMILES string of the molecule is C=C\C=C(CCCCc1cccc(F)c1)/C(C(=C\C)/C1CCC1)=C(\C)N1CCN(C(=O)OC(C)(C)C)C[C@@H]1C. The minimum absolute atomic E-state index is 0.167. The first-order chi connectivity index (χ1) is 18.5. The molecule has 3 rings (SSSR count). The Morgan fingerprint density at radius 1 is 1.21 bits per heavy atom. The molecule has 1 saturated carbocycles. The van der Waals surface area contributed by atoms with Gasteiger partial charge >= 0.3 is 6.09 Å². The van der Waals surface area contributed by atoms with Crippen LogP contribution in [0.4, 0.5) is 9.18 Å². The van der Waals surface area contributed by atoms with Crippen molar-refractivity contribution in [2.24, 2.45) is 5.92 Å². The van der Waals surface area contributed by atoms with E-state index in [9.17, 15) is 9.18 Å². The molecule has 1 heterocycles. The molecule has 5 heteroatoms. The van der Waals surface area contributed by atoms with Gasteiger partial charge in [-0.3, -0.25) is 0 Å². The van der Waals surface area contributed by atoms with Gasteiger partial charge in [0.2, 0.25) is 0 Å². The Bertz CT molecular complexity index is 1090. The molecule has 2 fully saturated rings. The molecule has 0 radical (unpaired) electrons. The molecule has 0 N–H and O–H groups in total. The summed E-state index contributed by atoms with van der Waals surface area (Å²) in [6.45, 7) is 18.5. The second-order valence-corrected chi connectivity index (χ2v) is 12.1. The molecule has 214 valence electrons. The van der Waals surface area contributed by atoms with Crippen molar-refractivity contribution in [3.05, 3.63) is 82.9 Å². The van der Waals surface area contributed by atoms with Crippen molar-refractivity contribution in [3.63, 3.8) is 0 Å². The topological polar surface area (TPSA) is 32.8 Å². The number of carbonyl (C=O) groups is 1. The number of ether oxygens (including phenoxy) is 1. The Balaban J connectivity index is 1.81. The summed E-state index contributed by atoms with van der Waals surface area (Å²) in [6, 6.07) is 7.12. The first-order valence-corrected chi connectivity index (χ1v) is 14.7. The summed E-state index contributed by atoms with van der Waals surface area (Å²) in [4.78, 5) is 17.1. The molecule has 1 saturated heterocycles. The highest BCUT2D eigenvalue weighted by Gasteiger charge is 2.33. The van der Waals surface area contributed by atoms with Gasteiger partial charge in [-0.25, -0.2) is 9.18 Å². The number of carbonyl (C=O) groups excluding carboxylic acids is 1. The fourth-order valence-electron chi connectivity index (χ4n) is 5.79. The number of aryl methyl sites for hydroxylation is 1. The second kappa shape index (κ2) is 14.0. The predicted octanol–water partition coefficient (Wildman–Crippen LogP) is 8.61. The van der Waals surface area contributed by atoms with Crippen molar-refractivity contribution in [1.82, 2.24) is 9.80 Å². The van der Waals surface area contributed by atoms with E-state index in [4.69, 9.17) is 4.74 Å². The standard InChI is InChI=1S/C34H49FN2O2/c1-8-14-29(17-11-10-15-27-16-12-20-30(35)23-27)32(31(9-2)28-18-13-19-28)26(4)37-22-21-36(24-25(37)3)33(38)39-34(5,6)7/h8-9,12,14,16,20,23,25,28H,1,10-11,13,15,17-19,21-22,24H2,2-7H3/b29-14-,31-9-,32-26-/t25-/m0/s1. The summed E-state index contributed by atoms with van der Waals surface area (Å²) in [6.07, 6.45) is 13.8. The predicted molar refractivity (Wildman–Crippen MR) is 160 cm³/mol. The van der Waals surface area contributed by atoms with E-state index in [1.165, 1.54) is 47.7 Å². The third-order valence-corrected chi connectivity index (χ3v) is 7.91. The van der Waals surface area contributed by atoms with Crippen LogP contribution in [0, 0.1) is 11.7 Å². The molecule has 1 amide bonds. The van der Waals surface area contributed by atoms with E-state index < -0.39 is 5.60 Å². The van der Waals surface area contributed by atoms with Gasteiger partial charge in [0, 0.05) is 31.4 Å². The molecule has 0 bridgehead atoms. The number of allylic oxidation sites excluding steroid dienone is 7. The van der Waals surface area contributed by atoms with Crippen LogP contribution >= 0.6 is 0 Å². The molecule has 0 aromatic heterocycles. The quantitative estimate of drug-likeness (QED) is 0.222. The Kier molecular flexibility index (Phi) is 11.0. The normalized spacial score (nSPS) is 19.9. The van der Waals surface area contributed by atoms with Crippen molar-refractivity contribution in [1.29, 1.82) is 0 Å². The van der Waals surface area contributed by atoms with Crippen LogP contribution in [0.2, 0.25) is 0 Å². The van der Waals surface area contributed by atoms with Gasteiger partial charge in [0.1, 0.15) is 11.4 Å². The lowest BCUT2D eigenvalue weighted by Crippen LogP contribution is -2.54. The van der Waals surface area contributed by atoms with Gasteiger partial charge in [-0.15, -0.1) is 0 Å². The summed E-state index contributed by atoms with van der Waals surface area (Å²) in [5, 5.41) is 0. The Hall–Kier alpha value is -2.82. The Morgan fingerprint density at radius 3 is 2.51 bits per heavy atom. The van der Waals surface area contributed by atoms with Gasteiger partial charge in [-0.2, -0.15) is 0 Å². The fourth-order valence-corrected chi connectivity index (χ4v) is 5.79. The number of amides is 1. The number of benzene rings is 1. The largest absolute Gasteiger partial charge is 0.444 e. The molecule has 39 heavy (non-hydrogen) atoms. The number of rotatable bonds is 10. The molecule has 1 atom stereocenters.